The van der Waals surface area contributed by atoms with Crippen molar-refractivity contribution in [3.05, 3.63) is 23.9 Å². The maximum atomic E-state index is 11.8. The molecule has 0 saturated carbocycles. The molecule has 0 aromatic carbocycles. The number of amides is 2. The van der Waals surface area contributed by atoms with E-state index in [9.17, 15) is 4.79 Å². The Kier molecular flexibility index (Phi) is 4.90. The third kappa shape index (κ3) is 4.82. The highest BCUT2D eigenvalue weighted by Gasteiger charge is 2.09. The van der Waals surface area contributed by atoms with Crippen molar-refractivity contribution in [2.45, 2.75) is 6.92 Å². The number of aromatic nitrogens is 1. The topological polar surface area (TPSA) is 48.5 Å². The number of hydrogen-bond acceptors (Lipinski definition) is 3. The zero-order chi connectivity index (χ0) is 12.8. The third-order valence-electron chi connectivity index (χ3n) is 2.38. The van der Waals surface area contributed by atoms with E-state index in [2.05, 4.69) is 10.3 Å². The molecule has 0 aliphatic carbocycles. The second-order valence-electron chi connectivity index (χ2n) is 4.37. The smallest absolute Gasteiger partial charge is 0.322 e. The molecule has 2 amide bonds. The maximum Gasteiger partial charge on any atom is 0.322 e. The van der Waals surface area contributed by atoms with Gasteiger partial charge in [-0.2, -0.15) is 0 Å². The molecule has 0 atom stereocenters. The molecule has 5 heteroatoms. The zero-order valence-electron chi connectivity index (χ0n) is 10.9. The molecule has 1 aromatic heterocycles. The minimum absolute atomic E-state index is 0.134. The number of carbonyl (C=O) groups excluding carboxylic acids is 1. The van der Waals surface area contributed by atoms with Gasteiger partial charge in [0.25, 0.3) is 0 Å². The summed E-state index contributed by atoms with van der Waals surface area (Å²) >= 11 is 0. The summed E-state index contributed by atoms with van der Waals surface area (Å²) in [5.41, 5.74) is 1.08. The second-order valence-corrected chi connectivity index (χ2v) is 4.37. The lowest BCUT2D eigenvalue weighted by Crippen LogP contribution is -2.36. The molecule has 1 aromatic rings. The van der Waals surface area contributed by atoms with Crippen LogP contribution in [0.2, 0.25) is 0 Å². The number of hydrogen-bond donors (Lipinski definition) is 1. The summed E-state index contributed by atoms with van der Waals surface area (Å²) in [7, 11) is 5.73. The summed E-state index contributed by atoms with van der Waals surface area (Å²) in [6.45, 7) is 3.49. The summed E-state index contributed by atoms with van der Waals surface area (Å²) in [6.07, 6.45) is 1.69. The quantitative estimate of drug-likeness (QED) is 0.860. The van der Waals surface area contributed by atoms with Gasteiger partial charge in [0.05, 0.1) is 0 Å². The molecule has 1 N–H and O–H groups in total. The summed E-state index contributed by atoms with van der Waals surface area (Å²) in [6, 6.07) is 3.60. The van der Waals surface area contributed by atoms with Crippen molar-refractivity contribution in [2.75, 3.05) is 39.5 Å². The van der Waals surface area contributed by atoms with Crippen LogP contribution in [0.4, 0.5) is 10.6 Å². The number of pyridine rings is 1. The first-order chi connectivity index (χ1) is 7.99. The second kappa shape index (κ2) is 6.20. The summed E-state index contributed by atoms with van der Waals surface area (Å²) in [5, 5.41) is 2.76. The highest BCUT2D eigenvalue weighted by Crippen LogP contribution is 2.05. The Morgan fingerprint density at radius 2 is 2.06 bits per heavy atom. The lowest BCUT2D eigenvalue weighted by Gasteiger charge is -2.19. The Bertz CT molecular complexity index is 379. The minimum atomic E-state index is -0.134. The highest BCUT2D eigenvalue weighted by molar-refractivity contribution is 5.88. The Morgan fingerprint density at radius 1 is 1.35 bits per heavy atom. The predicted molar refractivity (Wildman–Crippen MR) is 69.2 cm³/mol. The van der Waals surface area contributed by atoms with Gasteiger partial charge in [0, 0.05) is 26.3 Å². The largest absolute Gasteiger partial charge is 0.326 e. The molecule has 1 rings (SSSR count). The number of rotatable bonds is 4. The van der Waals surface area contributed by atoms with E-state index in [1.807, 2.05) is 38.1 Å². The fourth-order valence-electron chi connectivity index (χ4n) is 1.26. The van der Waals surface area contributed by atoms with E-state index in [1.165, 1.54) is 0 Å². The molecule has 0 fully saturated rings. The Hall–Kier alpha value is -1.62. The van der Waals surface area contributed by atoms with Crippen LogP contribution in [0.25, 0.3) is 0 Å². The zero-order valence-corrected chi connectivity index (χ0v) is 10.9. The van der Waals surface area contributed by atoms with Gasteiger partial charge in [-0.25, -0.2) is 9.78 Å². The molecule has 0 radical (unpaired) electrons. The molecule has 1 heterocycles. The van der Waals surface area contributed by atoms with Crippen LogP contribution in [0.3, 0.4) is 0 Å². The van der Waals surface area contributed by atoms with Gasteiger partial charge in [-0.1, -0.05) is 0 Å². The van der Waals surface area contributed by atoms with Crippen molar-refractivity contribution in [2.24, 2.45) is 0 Å². The SMILES string of the molecule is Cc1ccnc(NC(=O)N(C)CCN(C)C)c1. The van der Waals surface area contributed by atoms with Crippen LogP contribution < -0.4 is 5.32 Å². The van der Waals surface area contributed by atoms with Crippen molar-refractivity contribution >= 4 is 11.8 Å². The average molecular weight is 236 g/mol. The van der Waals surface area contributed by atoms with E-state index in [-0.39, 0.29) is 6.03 Å². The number of nitrogens with zero attached hydrogens (tertiary/aromatic N) is 3. The van der Waals surface area contributed by atoms with E-state index in [0.717, 1.165) is 12.1 Å². The van der Waals surface area contributed by atoms with Crippen LogP contribution in [0.5, 0.6) is 0 Å². The molecule has 94 valence electrons. The molecule has 0 unspecified atom stereocenters. The van der Waals surface area contributed by atoms with Gasteiger partial charge in [0.1, 0.15) is 5.82 Å². The highest BCUT2D eigenvalue weighted by atomic mass is 16.2. The first-order valence-electron chi connectivity index (χ1n) is 5.58. The number of aryl methyl sites for hydroxylation is 1. The van der Waals surface area contributed by atoms with Crippen molar-refractivity contribution in [1.29, 1.82) is 0 Å². The van der Waals surface area contributed by atoms with Crippen molar-refractivity contribution in [3.8, 4) is 0 Å². The minimum Gasteiger partial charge on any atom is -0.326 e. The van der Waals surface area contributed by atoms with E-state index >= 15 is 0 Å². The van der Waals surface area contributed by atoms with E-state index in [1.54, 1.807) is 18.1 Å². The van der Waals surface area contributed by atoms with Crippen molar-refractivity contribution in [1.82, 2.24) is 14.8 Å². The average Bonchev–Trinajstić information content (AvgIpc) is 2.25. The van der Waals surface area contributed by atoms with Crippen LogP contribution in [0, 0.1) is 6.92 Å². The van der Waals surface area contributed by atoms with Gasteiger partial charge in [0.15, 0.2) is 0 Å². The number of nitrogens with one attached hydrogen (secondary N) is 1. The molecule has 0 aliphatic rings. The van der Waals surface area contributed by atoms with Crippen LogP contribution in [0.1, 0.15) is 5.56 Å². The normalized spacial score (nSPS) is 10.4. The third-order valence-corrected chi connectivity index (χ3v) is 2.38. The van der Waals surface area contributed by atoms with Crippen molar-refractivity contribution < 1.29 is 4.79 Å². The van der Waals surface area contributed by atoms with Gasteiger partial charge in [-0.3, -0.25) is 5.32 Å². The maximum absolute atomic E-state index is 11.8. The van der Waals surface area contributed by atoms with Crippen molar-refractivity contribution in [3.63, 3.8) is 0 Å². The Labute approximate surface area is 102 Å². The van der Waals surface area contributed by atoms with E-state index < -0.39 is 0 Å². The van der Waals surface area contributed by atoms with Crippen LogP contribution in [-0.2, 0) is 0 Å². The fourth-order valence-corrected chi connectivity index (χ4v) is 1.26. The molecule has 0 saturated heterocycles. The van der Waals surface area contributed by atoms with Gasteiger partial charge in [-0.15, -0.1) is 0 Å². The number of carbonyl (C=O) groups is 1. The van der Waals surface area contributed by atoms with Gasteiger partial charge in [-0.05, 0) is 38.7 Å². The number of anilines is 1. The number of likely N-dealkylation sites (N-methyl/N-ethyl adjacent to an activating group) is 2. The van der Waals surface area contributed by atoms with E-state index in [0.29, 0.717) is 12.4 Å². The lowest BCUT2D eigenvalue weighted by atomic mass is 10.3. The standard InChI is InChI=1S/C12H20N4O/c1-10-5-6-13-11(9-10)14-12(17)16(4)8-7-15(2)3/h5-6,9H,7-8H2,1-4H3,(H,13,14,17). The van der Waals surface area contributed by atoms with Gasteiger partial charge in [0.2, 0.25) is 0 Å². The number of urea groups is 1. The monoisotopic (exact) mass is 236 g/mol. The summed E-state index contributed by atoms with van der Waals surface area (Å²) in [4.78, 5) is 19.6. The molecular formula is C12H20N4O. The Balaban J connectivity index is 2.48. The lowest BCUT2D eigenvalue weighted by molar-refractivity contribution is 0.217. The molecule has 0 aliphatic heterocycles. The van der Waals surface area contributed by atoms with Gasteiger partial charge < -0.3 is 9.80 Å². The van der Waals surface area contributed by atoms with Crippen LogP contribution in [0.15, 0.2) is 18.3 Å². The van der Waals surface area contributed by atoms with Crippen LogP contribution >= 0.6 is 0 Å². The summed E-state index contributed by atoms with van der Waals surface area (Å²) in [5.74, 6) is 0.590. The molecule has 0 bridgehead atoms. The molecular weight excluding hydrogens is 216 g/mol. The molecule has 17 heavy (non-hydrogen) atoms. The molecule has 0 spiro atoms. The first-order valence-corrected chi connectivity index (χ1v) is 5.58. The first kappa shape index (κ1) is 13.4. The predicted octanol–water partition coefficient (Wildman–Crippen LogP) is 1.42. The Morgan fingerprint density at radius 3 is 2.65 bits per heavy atom. The van der Waals surface area contributed by atoms with E-state index in [4.69, 9.17) is 0 Å². The summed E-state index contributed by atoms with van der Waals surface area (Å²) < 4.78 is 0. The van der Waals surface area contributed by atoms with Gasteiger partial charge >= 0.3 is 6.03 Å². The van der Waals surface area contributed by atoms with Crippen LogP contribution in [-0.4, -0.2) is 55.0 Å². The molecule has 5 nitrogen and oxygen atoms in total. The fraction of sp³-hybridized carbons (Fsp3) is 0.500.